The van der Waals surface area contributed by atoms with Gasteiger partial charge in [-0.3, -0.25) is 0 Å². The maximum absolute atomic E-state index is 8.80. The molecule has 0 heterocycles. The number of hydrogen-bond acceptors (Lipinski definition) is 3. The zero-order chi connectivity index (χ0) is 7.33. The van der Waals surface area contributed by atoms with Crippen LogP contribution in [0, 0.1) is 18.3 Å². The molecule has 0 rings (SSSR count). The van der Waals surface area contributed by atoms with Crippen molar-refractivity contribution in [2.45, 2.75) is 25.0 Å². The first-order valence-electron chi connectivity index (χ1n) is 2.73. The van der Waals surface area contributed by atoms with Gasteiger partial charge >= 0.3 is 0 Å². The second kappa shape index (κ2) is 3.44. The third-order valence-electron chi connectivity index (χ3n) is 1.04. The molecule has 0 bridgehead atoms. The summed E-state index contributed by atoms with van der Waals surface area (Å²) in [5.41, 5.74) is 0. The molecule has 0 aliphatic heterocycles. The first kappa shape index (κ1) is 8.41. The molecule has 0 unspecified atom stereocenters. The molecule has 9 heavy (non-hydrogen) atoms. The quantitative estimate of drug-likeness (QED) is 0.533. The van der Waals surface area contributed by atoms with E-state index in [1.54, 1.807) is 0 Å². The van der Waals surface area contributed by atoms with Crippen molar-refractivity contribution in [1.82, 2.24) is 0 Å². The van der Waals surface area contributed by atoms with Crippen LogP contribution in [0.3, 0.4) is 0 Å². The van der Waals surface area contributed by atoms with Crippen LogP contribution in [-0.4, -0.2) is 16.0 Å². The number of nitriles is 1. The molecule has 0 aromatic carbocycles. The summed E-state index contributed by atoms with van der Waals surface area (Å²) in [6, 6.07) is 1.81. The summed E-state index contributed by atoms with van der Waals surface area (Å²) in [4.78, 5) is 0. The molecule has 51 valence electrons. The first-order chi connectivity index (χ1) is 4.12. The Morgan fingerprint density at radius 1 is 1.56 bits per heavy atom. The standard InChI is InChI=1S/C6H10NO2/c1-2-6(8,9)4-3-5-7/h8-9H,1-4H2. The summed E-state index contributed by atoms with van der Waals surface area (Å²) < 4.78 is 0. The van der Waals surface area contributed by atoms with E-state index in [1.807, 2.05) is 6.07 Å². The Morgan fingerprint density at radius 3 is 2.44 bits per heavy atom. The molecule has 1 radical (unpaired) electrons. The maximum Gasteiger partial charge on any atom is 0.163 e. The second-order valence-electron chi connectivity index (χ2n) is 1.89. The summed E-state index contributed by atoms with van der Waals surface area (Å²) in [5.74, 6) is -1.74. The van der Waals surface area contributed by atoms with E-state index in [0.29, 0.717) is 0 Å². The van der Waals surface area contributed by atoms with Crippen LogP contribution in [0.25, 0.3) is 0 Å². The van der Waals surface area contributed by atoms with Crippen LogP contribution in [-0.2, 0) is 0 Å². The van der Waals surface area contributed by atoms with E-state index in [2.05, 4.69) is 6.92 Å². The van der Waals surface area contributed by atoms with E-state index in [1.165, 1.54) is 0 Å². The summed E-state index contributed by atoms with van der Waals surface area (Å²) in [7, 11) is 0. The molecule has 0 saturated heterocycles. The highest BCUT2D eigenvalue weighted by Crippen LogP contribution is 2.11. The minimum Gasteiger partial charge on any atom is -0.366 e. The van der Waals surface area contributed by atoms with Gasteiger partial charge in [0.25, 0.3) is 0 Å². The zero-order valence-electron chi connectivity index (χ0n) is 5.17. The Bertz CT molecular complexity index is 115. The predicted octanol–water partition coefficient (Wildman–Crippen LogP) is 0.195. The fourth-order valence-corrected chi connectivity index (χ4v) is 0.381. The molecule has 0 aliphatic rings. The van der Waals surface area contributed by atoms with Gasteiger partial charge in [-0.15, -0.1) is 0 Å². The normalized spacial score (nSPS) is 10.9. The Kier molecular flexibility index (Phi) is 3.21. The van der Waals surface area contributed by atoms with Gasteiger partial charge in [0.2, 0.25) is 0 Å². The van der Waals surface area contributed by atoms with Crippen molar-refractivity contribution in [3.8, 4) is 6.07 Å². The Balaban J connectivity index is 3.48. The number of hydrogen-bond donors (Lipinski definition) is 2. The fourth-order valence-electron chi connectivity index (χ4n) is 0.381. The molecule has 0 saturated carbocycles. The molecule has 3 nitrogen and oxygen atoms in total. The van der Waals surface area contributed by atoms with Crippen LogP contribution >= 0.6 is 0 Å². The van der Waals surface area contributed by atoms with E-state index < -0.39 is 5.79 Å². The third-order valence-corrected chi connectivity index (χ3v) is 1.04. The lowest BCUT2D eigenvalue weighted by Gasteiger charge is -2.16. The van der Waals surface area contributed by atoms with Gasteiger partial charge in [-0.1, -0.05) is 0 Å². The van der Waals surface area contributed by atoms with Crippen molar-refractivity contribution in [2.75, 3.05) is 0 Å². The largest absolute Gasteiger partial charge is 0.366 e. The highest BCUT2D eigenvalue weighted by molar-refractivity contribution is 4.75. The van der Waals surface area contributed by atoms with Crippen molar-refractivity contribution in [1.29, 1.82) is 5.26 Å². The van der Waals surface area contributed by atoms with Crippen molar-refractivity contribution in [3.63, 3.8) is 0 Å². The lowest BCUT2D eigenvalue weighted by molar-refractivity contribution is -0.161. The van der Waals surface area contributed by atoms with Crippen LogP contribution in [0.15, 0.2) is 0 Å². The van der Waals surface area contributed by atoms with E-state index in [0.717, 1.165) is 0 Å². The second-order valence-corrected chi connectivity index (χ2v) is 1.89. The van der Waals surface area contributed by atoms with E-state index >= 15 is 0 Å². The molecule has 2 N–H and O–H groups in total. The van der Waals surface area contributed by atoms with E-state index in [9.17, 15) is 0 Å². The van der Waals surface area contributed by atoms with Crippen molar-refractivity contribution in [3.05, 3.63) is 6.92 Å². The van der Waals surface area contributed by atoms with Gasteiger partial charge in [0, 0.05) is 19.3 Å². The summed E-state index contributed by atoms with van der Waals surface area (Å²) in [6.07, 6.45) is 0.254. The zero-order valence-corrected chi connectivity index (χ0v) is 5.17. The average molecular weight is 128 g/mol. The predicted molar refractivity (Wildman–Crippen MR) is 32.0 cm³/mol. The maximum atomic E-state index is 8.80. The van der Waals surface area contributed by atoms with Gasteiger partial charge in [0.1, 0.15) is 0 Å². The van der Waals surface area contributed by atoms with Crippen LogP contribution in [0.4, 0.5) is 0 Å². The van der Waals surface area contributed by atoms with Crippen LogP contribution in [0.2, 0.25) is 0 Å². The highest BCUT2D eigenvalue weighted by atomic mass is 16.5. The van der Waals surface area contributed by atoms with Gasteiger partial charge in [0.15, 0.2) is 5.79 Å². The molecule has 3 heteroatoms. The topological polar surface area (TPSA) is 64.2 Å². The van der Waals surface area contributed by atoms with Gasteiger partial charge in [-0.05, 0) is 6.92 Å². The van der Waals surface area contributed by atoms with Crippen molar-refractivity contribution < 1.29 is 10.2 Å². The van der Waals surface area contributed by atoms with E-state index in [4.69, 9.17) is 15.5 Å². The monoisotopic (exact) mass is 128 g/mol. The number of nitrogens with zero attached hydrogens (tertiary/aromatic N) is 1. The van der Waals surface area contributed by atoms with Gasteiger partial charge in [-0.2, -0.15) is 5.26 Å². The molecular weight excluding hydrogens is 118 g/mol. The van der Waals surface area contributed by atoms with Gasteiger partial charge in [0.05, 0.1) is 6.07 Å². The molecule has 0 aromatic rings. The number of aliphatic hydroxyl groups is 2. The Hall–Kier alpha value is -0.590. The lowest BCUT2D eigenvalue weighted by Crippen LogP contribution is -2.26. The number of rotatable bonds is 3. The lowest BCUT2D eigenvalue weighted by atomic mass is 10.1. The smallest absolute Gasteiger partial charge is 0.163 e. The molecule has 0 fully saturated rings. The van der Waals surface area contributed by atoms with Crippen LogP contribution < -0.4 is 0 Å². The van der Waals surface area contributed by atoms with E-state index in [-0.39, 0.29) is 19.3 Å². The minimum atomic E-state index is -1.74. The third kappa shape index (κ3) is 3.95. The molecule has 0 spiro atoms. The molecule has 0 aliphatic carbocycles. The van der Waals surface area contributed by atoms with Crippen molar-refractivity contribution in [2.24, 2.45) is 0 Å². The SMILES string of the molecule is [CH2]CC(O)(O)CCC#N. The molecule has 0 aromatic heterocycles. The highest BCUT2D eigenvalue weighted by Gasteiger charge is 2.18. The van der Waals surface area contributed by atoms with Gasteiger partial charge in [-0.25, -0.2) is 0 Å². The Morgan fingerprint density at radius 2 is 2.11 bits per heavy atom. The minimum absolute atomic E-state index is 0.0225. The average Bonchev–Trinajstić information content (AvgIpc) is 1.84. The van der Waals surface area contributed by atoms with Crippen LogP contribution in [0.1, 0.15) is 19.3 Å². The molecule has 0 amide bonds. The van der Waals surface area contributed by atoms with Gasteiger partial charge < -0.3 is 10.2 Å². The van der Waals surface area contributed by atoms with Crippen LogP contribution in [0.5, 0.6) is 0 Å². The summed E-state index contributed by atoms with van der Waals surface area (Å²) >= 11 is 0. The fraction of sp³-hybridized carbons (Fsp3) is 0.667. The van der Waals surface area contributed by atoms with Crippen molar-refractivity contribution >= 4 is 0 Å². The molecule has 0 atom stereocenters. The summed E-state index contributed by atoms with van der Waals surface area (Å²) in [6.45, 7) is 3.30. The first-order valence-corrected chi connectivity index (χ1v) is 2.73. The molecular formula is C6H10NO2. The summed E-state index contributed by atoms with van der Waals surface area (Å²) in [5, 5.41) is 25.6. The Labute approximate surface area is 54.5 Å².